The van der Waals surface area contributed by atoms with Crippen molar-refractivity contribution in [2.45, 2.75) is 32.9 Å². The van der Waals surface area contributed by atoms with Gasteiger partial charge in [0.15, 0.2) is 0 Å². The van der Waals surface area contributed by atoms with Crippen LogP contribution in [0.5, 0.6) is 0 Å². The predicted octanol–water partition coefficient (Wildman–Crippen LogP) is 1.51. The molecule has 0 saturated heterocycles. The van der Waals surface area contributed by atoms with Crippen LogP contribution in [-0.4, -0.2) is 36.6 Å². The van der Waals surface area contributed by atoms with Crippen molar-refractivity contribution in [3.63, 3.8) is 0 Å². The van der Waals surface area contributed by atoms with Gasteiger partial charge in [0, 0.05) is 24.3 Å². The number of nitrogens with one attached hydrogen (secondary N) is 2. The van der Waals surface area contributed by atoms with E-state index in [1.54, 1.807) is 30.3 Å². The first-order valence-corrected chi connectivity index (χ1v) is 10.6. The Morgan fingerprint density at radius 2 is 1.82 bits per heavy atom. The highest BCUT2D eigenvalue weighted by molar-refractivity contribution is 5.98. The Bertz CT molecular complexity index is 1480. The first kappa shape index (κ1) is 22.0. The molecule has 0 aliphatic rings. The Morgan fingerprint density at radius 1 is 1.09 bits per heavy atom. The maximum Gasteiger partial charge on any atom is 0.352 e. The van der Waals surface area contributed by atoms with Crippen LogP contribution in [0.1, 0.15) is 30.6 Å². The van der Waals surface area contributed by atoms with Crippen molar-refractivity contribution in [3.05, 3.63) is 74.9 Å². The summed E-state index contributed by atoms with van der Waals surface area (Å²) in [5.74, 6) is -0.665. The third-order valence-corrected chi connectivity index (χ3v) is 5.50. The van der Waals surface area contributed by atoms with E-state index in [1.165, 1.54) is 28.1 Å². The lowest BCUT2D eigenvalue weighted by Crippen LogP contribution is -2.32. The molecule has 2 heterocycles. The Hall–Kier alpha value is -4.21. The minimum absolute atomic E-state index is 0.0227. The Labute approximate surface area is 188 Å². The van der Waals surface area contributed by atoms with Gasteiger partial charge in [-0.2, -0.15) is 0 Å². The van der Waals surface area contributed by atoms with E-state index in [0.717, 1.165) is 11.1 Å². The molecule has 0 radical (unpaired) electrons. The monoisotopic (exact) mass is 448 g/mol. The smallest absolute Gasteiger partial charge is 0.350 e. The molecule has 33 heavy (non-hydrogen) atoms. The molecule has 0 aliphatic carbocycles. The van der Waals surface area contributed by atoms with Gasteiger partial charge < -0.3 is 10.6 Å². The van der Waals surface area contributed by atoms with Crippen LogP contribution in [0.3, 0.4) is 0 Å². The lowest BCUT2D eigenvalue weighted by atomic mass is 10.1. The number of carbonyl (C=O) groups is 2. The molecule has 2 amide bonds. The lowest BCUT2D eigenvalue weighted by molar-refractivity contribution is -0.117. The average Bonchev–Trinajstić information content (AvgIpc) is 3.13. The molecule has 4 rings (SSSR count). The van der Waals surface area contributed by atoms with Crippen LogP contribution >= 0.6 is 0 Å². The van der Waals surface area contributed by atoms with E-state index < -0.39 is 11.6 Å². The van der Waals surface area contributed by atoms with Crippen LogP contribution in [0.25, 0.3) is 16.7 Å². The number of amides is 2. The number of rotatable bonds is 6. The number of para-hydroxylation sites is 1. The van der Waals surface area contributed by atoms with Gasteiger partial charge in [-0.05, 0) is 43.7 Å². The average molecular weight is 448 g/mol. The van der Waals surface area contributed by atoms with Gasteiger partial charge in [-0.3, -0.25) is 19.0 Å². The summed E-state index contributed by atoms with van der Waals surface area (Å²) in [6, 6.07) is 13.4. The van der Waals surface area contributed by atoms with Crippen molar-refractivity contribution >= 4 is 34.2 Å². The molecule has 170 valence electrons. The Balaban J connectivity index is 1.79. The van der Waals surface area contributed by atoms with Crippen LogP contribution in [0.15, 0.2) is 58.1 Å². The number of aromatic nitrogens is 4. The Morgan fingerprint density at radius 3 is 2.52 bits per heavy atom. The number of aryl methyl sites for hydroxylation is 1. The molecule has 0 fully saturated rings. The quantitative estimate of drug-likeness (QED) is 0.463. The Kier molecular flexibility index (Phi) is 5.82. The fourth-order valence-electron chi connectivity index (χ4n) is 3.50. The molecule has 2 aromatic carbocycles. The van der Waals surface area contributed by atoms with Crippen molar-refractivity contribution in [2.24, 2.45) is 7.05 Å². The minimum atomic E-state index is -0.590. The SMILES string of the molecule is CC[C@@H](C)NC(=O)c1ccc2c(=O)n(C)c3nn(CC(=O)Nc4ccccc4)c(=O)n3c2c1. The fraction of sp³-hybridized carbons (Fsp3) is 0.261. The molecule has 4 aromatic rings. The molecule has 1 atom stereocenters. The van der Waals surface area contributed by atoms with E-state index in [1.807, 2.05) is 19.9 Å². The van der Waals surface area contributed by atoms with E-state index >= 15 is 0 Å². The molecule has 2 aromatic heterocycles. The van der Waals surface area contributed by atoms with Gasteiger partial charge in [-0.25, -0.2) is 13.9 Å². The zero-order valence-electron chi connectivity index (χ0n) is 18.5. The highest BCUT2D eigenvalue weighted by atomic mass is 16.2. The van der Waals surface area contributed by atoms with Crippen molar-refractivity contribution < 1.29 is 9.59 Å². The van der Waals surface area contributed by atoms with Crippen molar-refractivity contribution in [1.29, 1.82) is 0 Å². The second-order valence-electron chi connectivity index (χ2n) is 7.87. The number of anilines is 1. The summed E-state index contributed by atoms with van der Waals surface area (Å²) in [6.07, 6.45) is 0.765. The highest BCUT2D eigenvalue weighted by Crippen LogP contribution is 2.14. The van der Waals surface area contributed by atoms with Crippen molar-refractivity contribution in [2.75, 3.05) is 5.32 Å². The van der Waals surface area contributed by atoms with Gasteiger partial charge >= 0.3 is 5.69 Å². The summed E-state index contributed by atoms with van der Waals surface area (Å²) < 4.78 is 3.49. The maximum atomic E-state index is 13.2. The molecule has 10 nitrogen and oxygen atoms in total. The molecule has 0 unspecified atom stereocenters. The van der Waals surface area contributed by atoms with E-state index in [0.29, 0.717) is 11.3 Å². The number of hydrogen-bond donors (Lipinski definition) is 2. The van der Waals surface area contributed by atoms with Crippen molar-refractivity contribution in [3.8, 4) is 0 Å². The first-order chi connectivity index (χ1) is 15.8. The van der Waals surface area contributed by atoms with E-state index in [2.05, 4.69) is 15.7 Å². The molecule has 10 heteroatoms. The third kappa shape index (κ3) is 4.14. The summed E-state index contributed by atoms with van der Waals surface area (Å²) >= 11 is 0. The summed E-state index contributed by atoms with van der Waals surface area (Å²) in [4.78, 5) is 51.1. The molecular formula is C23H24N6O4. The maximum absolute atomic E-state index is 13.2. The van der Waals surface area contributed by atoms with Crippen LogP contribution in [0, 0.1) is 0 Å². The summed E-state index contributed by atoms with van der Waals surface area (Å²) in [6.45, 7) is 3.52. The highest BCUT2D eigenvalue weighted by Gasteiger charge is 2.19. The molecule has 0 saturated carbocycles. The minimum Gasteiger partial charge on any atom is -0.350 e. The molecular weight excluding hydrogens is 424 g/mol. The fourth-order valence-corrected chi connectivity index (χ4v) is 3.50. The van der Waals surface area contributed by atoms with Gasteiger partial charge in [-0.15, -0.1) is 5.10 Å². The largest absolute Gasteiger partial charge is 0.352 e. The van der Waals surface area contributed by atoms with Gasteiger partial charge in [0.1, 0.15) is 6.54 Å². The van der Waals surface area contributed by atoms with Crippen LogP contribution in [-0.2, 0) is 18.4 Å². The van der Waals surface area contributed by atoms with Crippen LogP contribution in [0.4, 0.5) is 5.69 Å². The van der Waals surface area contributed by atoms with E-state index in [-0.39, 0.29) is 40.7 Å². The zero-order valence-corrected chi connectivity index (χ0v) is 18.5. The van der Waals surface area contributed by atoms with Crippen LogP contribution < -0.4 is 21.9 Å². The normalized spacial score (nSPS) is 12.1. The van der Waals surface area contributed by atoms with Gasteiger partial charge in [0.2, 0.25) is 11.7 Å². The molecule has 0 spiro atoms. The number of fused-ring (bicyclic) bond motifs is 3. The van der Waals surface area contributed by atoms with E-state index in [4.69, 9.17) is 0 Å². The lowest BCUT2D eigenvalue weighted by Gasteiger charge is -2.12. The molecule has 0 bridgehead atoms. The topological polar surface area (TPSA) is 120 Å². The summed E-state index contributed by atoms with van der Waals surface area (Å²) in [5.41, 5.74) is 0.211. The number of hydrogen-bond acceptors (Lipinski definition) is 5. The first-order valence-electron chi connectivity index (χ1n) is 10.6. The van der Waals surface area contributed by atoms with Crippen LogP contribution in [0.2, 0.25) is 0 Å². The second kappa shape index (κ2) is 8.73. The summed E-state index contributed by atoms with van der Waals surface area (Å²) in [7, 11) is 1.50. The number of carbonyl (C=O) groups excluding carboxylic acids is 2. The number of nitrogens with zero attached hydrogens (tertiary/aromatic N) is 4. The second-order valence-corrected chi connectivity index (χ2v) is 7.87. The van der Waals surface area contributed by atoms with Gasteiger partial charge in [0.05, 0.1) is 10.9 Å². The third-order valence-electron chi connectivity index (χ3n) is 5.50. The van der Waals surface area contributed by atoms with E-state index in [9.17, 15) is 19.2 Å². The molecule has 0 aliphatic heterocycles. The van der Waals surface area contributed by atoms with Crippen molar-refractivity contribution in [1.82, 2.24) is 24.1 Å². The molecule has 2 N–H and O–H groups in total. The summed E-state index contributed by atoms with van der Waals surface area (Å²) in [5, 5.41) is 10.0. The van der Waals surface area contributed by atoms with Gasteiger partial charge in [0.25, 0.3) is 11.5 Å². The number of benzene rings is 2. The predicted molar refractivity (Wildman–Crippen MR) is 124 cm³/mol. The zero-order chi connectivity index (χ0) is 23.7. The van der Waals surface area contributed by atoms with Gasteiger partial charge in [-0.1, -0.05) is 25.1 Å². The standard InChI is InChI=1S/C23H24N6O4/c1-4-14(2)24-20(31)15-10-11-17-18(12-15)29-22(27(3)21(17)32)26-28(23(29)33)13-19(30)25-16-8-6-5-7-9-16/h5-12,14H,4,13H2,1-3H3,(H,24,31)(H,25,30)/t14-/m1/s1.